The Kier molecular flexibility index (Phi) is 15.9. The van der Waals surface area contributed by atoms with E-state index in [0.29, 0.717) is 92.0 Å². The fraction of sp³-hybridized carbons (Fsp3) is 0.500. The van der Waals surface area contributed by atoms with Gasteiger partial charge in [-0.2, -0.15) is 0 Å². The second kappa shape index (κ2) is 20.4. The lowest BCUT2D eigenvalue weighted by atomic mass is 10.1. The van der Waals surface area contributed by atoms with Crippen LogP contribution < -0.4 is 17.1 Å². The molecule has 1 aromatic heterocycles. The molecular weight excluding hydrogens is 775 g/mol. The number of nitrogens with zero attached hydrogens (tertiary/aromatic N) is 9. The monoisotopic (exact) mass is 834 g/mol. The Labute approximate surface area is 349 Å². The van der Waals surface area contributed by atoms with Crippen molar-refractivity contribution in [2.75, 3.05) is 58.9 Å². The van der Waals surface area contributed by atoms with E-state index in [-0.39, 0.29) is 36.7 Å². The topological polar surface area (TPSA) is 195 Å². The fourth-order valence-corrected chi connectivity index (χ4v) is 8.10. The minimum Gasteiger partial charge on any atom is -0.319 e. The highest BCUT2D eigenvalue weighted by Gasteiger charge is 2.30. The molecule has 0 radical (unpaired) electrons. The third-order valence-corrected chi connectivity index (χ3v) is 12.8. The zero-order valence-electron chi connectivity index (χ0n) is 35.7. The van der Waals surface area contributed by atoms with E-state index >= 15 is 0 Å². The van der Waals surface area contributed by atoms with Gasteiger partial charge in [-0.1, -0.05) is 12.1 Å². The molecule has 0 saturated carbocycles. The smallest absolute Gasteiger partial charge is 0.319 e. The van der Waals surface area contributed by atoms with E-state index in [1.165, 1.54) is 30.3 Å². The first-order chi connectivity index (χ1) is 28.5. The van der Waals surface area contributed by atoms with Crippen LogP contribution in [0.4, 0.5) is 17.1 Å². The number of hydrogen-bond acceptors (Lipinski definition) is 9. The van der Waals surface area contributed by atoms with Gasteiger partial charge in [-0.15, -0.1) is 0 Å². The Morgan fingerprint density at radius 2 is 0.733 bits per heavy atom. The SMILES string of the molecule is CC[N+](CC)(CCn1c(=O)n(CC[N+](CC)(CC)Cc2ccc([N+](=O)[O-])cc2)c(=O)n(CC[N+](CC)(CC)Cc2cccc([N+](=O)[O-])c2)c1=O)Cc1ccc([N+](=O)[O-])cc1. The number of non-ortho nitro benzene ring substituents is 3. The third kappa shape index (κ3) is 11.0. The van der Waals surface area contributed by atoms with Crippen molar-refractivity contribution in [1.29, 1.82) is 0 Å². The molecule has 0 spiro atoms. The molecule has 4 aromatic rings. The van der Waals surface area contributed by atoms with Crippen LogP contribution in [-0.4, -0.2) is 101 Å². The van der Waals surface area contributed by atoms with Gasteiger partial charge in [0.1, 0.15) is 19.6 Å². The number of quaternary nitrogens is 3. The summed E-state index contributed by atoms with van der Waals surface area (Å²) >= 11 is 0. The summed E-state index contributed by atoms with van der Waals surface area (Å²) in [6.45, 7) is 18.5. The zero-order chi connectivity index (χ0) is 44.3. The molecule has 0 aliphatic carbocycles. The summed E-state index contributed by atoms with van der Waals surface area (Å²) in [6, 6.07) is 19.2. The van der Waals surface area contributed by atoms with E-state index in [1.807, 2.05) is 47.6 Å². The lowest BCUT2D eigenvalue weighted by Gasteiger charge is -2.38. The van der Waals surface area contributed by atoms with Crippen LogP contribution in [0.3, 0.4) is 0 Å². The minimum absolute atomic E-state index is 0.00323. The normalized spacial score (nSPS) is 12.1. The number of rotatable bonds is 24. The fourth-order valence-electron chi connectivity index (χ4n) is 8.10. The van der Waals surface area contributed by atoms with E-state index in [1.54, 1.807) is 36.4 Å². The van der Waals surface area contributed by atoms with E-state index in [4.69, 9.17) is 0 Å². The summed E-state index contributed by atoms with van der Waals surface area (Å²) in [5.74, 6) is 0. The third-order valence-electron chi connectivity index (χ3n) is 12.8. The summed E-state index contributed by atoms with van der Waals surface area (Å²) in [6.07, 6.45) is 0. The van der Waals surface area contributed by atoms with Gasteiger partial charge in [0, 0.05) is 53.1 Å². The summed E-state index contributed by atoms with van der Waals surface area (Å²) in [7, 11) is 0. The van der Waals surface area contributed by atoms with Gasteiger partial charge in [-0.05, 0) is 65.8 Å². The molecule has 0 N–H and O–H groups in total. The molecule has 324 valence electrons. The van der Waals surface area contributed by atoms with Gasteiger partial charge >= 0.3 is 17.1 Å². The molecular formula is C42H60N9O9+3. The van der Waals surface area contributed by atoms with Crippen LogP contribution in [-0.2, 0) is 39.3 Å². The molecule has 0 fully saturated rings. The van der Waals surface area contributed by atoms with Crippen molar-refractivity contribution in [3.05, 3.63) is 151 Å². The molecule has 60 heavy (non-hydrogen) atoms. The van der Waals surface area contributed by atoms with Crippen molar-refractivity contribution in [3.8, 4) is 0 Å². The molecule has 0 unspecified atom stereocenters. The molecule has 0 aliphatic heterocycles. The van der Waals surface area contributed by atoms with E-state index in [0.717, 1.165) is 30.4 Å². The predicted molar refractivity (Wildman–Crippen MR) is 228 cm³/mol. The molecule has 18 nitrogen and oxygen atoms in total. The molecule has 0 saturated heterocycles. The number of aromatic nitrogens is 3. The highest BCUT2D eigenvalue weighted by molar-refractivity contribution is 5.34. The molecule has 4 rings (SSSR count). The second-order valence-corrected chi connectivity index (χ2v) is 15.6. The standard InChI is InChI=1S/C42H60N9O9/c1-7-49(8-2,31-34-16-20-37(21-17-34)46(55)56)27-24-43-40(52)44(25-28-50(9-3,10-4)32-35-18-22-38(23-19-35)47(57)58)42(54)45(41(43)53)26-29-51(11-5,12-6)33-36-14-13-15-39(30-36)48(59)60/h13-23,30H,7-12,24-29,31-33H2,1-6H3/q+3. The van der Waals surface area contributed by atoms with Crippen LogP contribution in [0.1, 0.15) is 58.2 Å². The first-order valence-electron chi connectivity index (χ1n) is 20.7. The number of benzene rings is 3. The Balaban J connectivity index is 1.75. The molecule has 18 heteroatoms. The number of nitro benzene ring substituents is 3. The van der Waals surface area contributed by atoms with Crippen LogP contribution in [0, 0.1) is 30.3 Å². The first-order valence-corrected chi connectivity index (χ1v) is 20.7. The lowest BCUT2D eigenvalue weighted by Crippen LogP contribution is -2.59. The molecule has 0 amide bonds. The molecule has 0 bridgehead atoms. The molecule has 3 aromatic carbocycles. The number of nitro groups is 3. The maximum absolute atomic E-state index is 14.4. The highest BCUT2D eigenvalue weighted by Crippen LogP contribution is 2.21. The Bertz CT molecular complexity index is 2170. The van der Waals surface area contributed by atoms with Gasteiger partial charge in [-0.3, -0.25) is 30.3 Å². The van der Waals surface area contributed by atoms with Crippen LogP contribution in [0.5, 0.6) is 0 Å². The van der Waals surface area contributed by atoms with Gasteiger partial charge in [0.15, 0.2) is 0 Å². The second-order valence-electron chi connectivity index (χ2n) is 15.6. The van der Waals surface area contributed by atoms with Gasteiger partial charge in [0.05, 0.1) is 93.3 Å². The zero-order valence-corrected chi connectivity index (χ0v) is 35.7. The molecule has 0 atom stereocenters. The molecule has 1 heterocycles. The van der Waals surface area contributed by atoms with E-state index in [2.05, 4.69) is 0 Å². The van der Waals surface area contributed by atoms with Crippen molar-refractivity contribution < 1.29 is 28.2 Å². The van der Waals surface area contributed by atoms with Crippen molar-refractivity contribution in [2.45, 2.75) is 80.8 Å². The molecule has 0 aliphatic rings. The highest BCUT2D eigenvalue weighted by atomic mass is 16.6. The van der Waals surface area contributed by atoms with Crippen molar-refractivity contribution >= 4 is 17.1 Å². The van der Waals surface area contributed by atoms with Gasteiger partial charge in [0.25, 0.3) is 17.1 Å². The van der Waals surface area contributed by atoms with Crippen molar-refractivity contribution in [3.63, 3.8) is 0 Å². The van der Waals surface area contributed by atoms with Crippen LogP contribution >= 0.6 is 0 Å². The number of likely N-dealkylation sites (N-methyl/N-ethyl adjacent to an activating group) is 3. The van der Waals surface area contributed by atoms with Gasteiger partial charge < -0.3 is 13.4 Å². The summed E-state index contributed by atoms with van der Waals surface area (Å²) < 4.78 is 4.83. The summed E-state index contributed by atoms with van der Waals surface area (Å²) in [5, 5.41) is 34.1. The van der Waals surface area contributed by atoms with Crippen LogP contribution in [0.2, 0.25) is 0 Å². The van der Waals surface area contributed by atoms with E-state index in [9.17, 15) is 44.7 Å². The maximum atomic E-state index is 14.4. The minimum atomic E-state index is -0.708. The van der Waals surface area contributed by atoms with Gasteiger partial charge in [-0.25, -0.2) is 28.1 Å². The van der Waals surface area contributed by atoms with Crippen molar-refractivity contribution in [2.24, 2.45) is 0 Å². The lowest BCUT2D eigenvalue weighted by molar-refractivity contribution is -0.938. The Morgan fingerprint density at radius 3 is 1.02 bits per heavy atom. The van der Waals surface area contributed by atoms with Crippen LogP contribution in [0.15, 0.2) is 87.2 Å². The van der Waals surface area contributed by atoms with Crippen LogP contribution in [0.25, 0.3) is 0 Å². The summed E-state index contributed by atoms with van der Waals surface area (Å²) in [5.41, 5.74) is 0.332. The largest absolute Gasteiger partial charge is 0.336 e. The Hall–Kier alpha value is -5.85. The maximum Gasteiger partial charge on any atom is 0.336 e. The predicted octanol–water partition coefficient (Wildman–Crippen LogP) is 5.07. The summed E-state index contributed by atoms with van der Waals surface area (Å²) in [4.78, 5) is 76.0. The Morgan fingerprint density at radius 1 is 0.433 bits per heavy atom. The quantitative estimate of drug-likeness (QED) is 0.0526. The van der Waals surface area contributed by atoms with Crippen molar-refractivity contribution in [1.82, 2.24) is 13.7 Å². The van der Waals surface area contributed by atoms with E-state index < -0.39 is 31.8 Å². The number of hydrogen-bond donors (Lipinski definition) is 0. The first kappa shape index (κ1) is 46.8. The average Bonchev–Trinajstić information content (AvgIpc) is 3.25. The van der Waals surface area contributed by atoms with Gasteiger partial charge in [0.2, 0.25) is 0 Å². The average molecular weight is 835 g/mol.